The van der Waals surface area contributed by atoms with Crippen molar-refractivity contribution < 1.29 is 4.79 Å². The highest BCUT2D eigenvalue weighted by atomic mass is 16.1. The van der Waals surface area contributed by atoms with Gasteiger partial charge in [0.2, 0.25) is 0 Å². The SMILES string of the molecule is O=C(NCCc1ccccn1)c1ccc(-n2cccc2)cc1. The third-order valence-corrected chi connectivity index (χ3v) is 3.42. The Balaban J connectivity index is 1.56. The van der Waals surface area contributed by atoms with E-state index >= 15 is 0 Å². The van der Waals surface area contributed by atoms with Crippen LogP contribution < -0.4 is 5.32 Å². The second kappa shape index (κ2) is 6.72. The van der Waals surface area contributed by atoms with Crippen molar-refractivity contribution >= 4 is 5.91 Å². The minimum absolute atomic E-state index is 0.0602. The van der Waals surface area contributed by atoms with E-state index < -0.39 is 0 Å². The molecule has 4 nitrogen and oxygen atoms in total. The van der Waals surface area contributed by atoms with Crippen molar-refractivity contribution in [1.82, 2.24) is 14.9 Å². The first-order valence-electron chi connectivity index (χ1n) is 7.24. The summed E-state index contributed by atoms with van der Waals surface area (Å²) in [4.78, 5) is 16.3. The first-order valence-corrected chi connectivity index (χ1v) is 7.24. The number of hydrogen-bond acceptors (Lipinski definition) is 2. The van der Waals surface area contributed by atoms with Gasteiger partial charge in [-0.1, -0.05) is 6.07 Å². The quantitative estimate of drug-likeness (QED) is 0.785. The van der Waals surface area contributed by atoms with Crippen LogP contribution in [0.15, 0.2) is 73.2 Å². The molecule has 0 spiro atoms. The van der Waals surface area contributed by atoms with E-state index in [2.05, 4.69) is 10.3 Å². The minimum Gasteiger partial charge on any atom is -0.352 e. The fourth-order valence-corrected chi connectivity index (χ4v) is 2.24. The normalized spacial score (nSPS) is 10.4. The average molecular weight is 291 g/mol. The molecule has 2 aromatic heterocycles. The first-order chi connectivity index (χ1) is 10.8. The van der Waals surface area contributed by atoms with Crippen molar-refractivity contribution in [3.05, 3.63) is 84.4 Å². The fourth-order valence-electron chi connectivity index (χ4n) is 2.24. The highest BCUT2D eigenvalue weighted by Crippen LogP contribution is 2.10. The molecule has 0 atom stereocenters. The molecule has 1 amide bonds. The van der Waals surface area contributed by atoms with Gasteiger partial charge in [-0.25, -0.2) is 0 Å². The molecule has 0 saturated heterocycles. The van der Waals surface area contributed by atoms with E-state index in [1.54, 1.807) is 6.20 Å². The van der Waals surface area contributed by atoms with Crippen LogP contribution in [0.2, 0.25) is 0 Å². The molecule has 110 valence electrons. The zero-order valence-electron chi connectivity index (χ0n) is 12.1. The molecule has 3 aromatic rings. The highest BCUT2D eigenvalue weighted by Gasteiger charge is 2.05. The standard InChI is InChI=1S/C18H17N3O/c22-18(20-12-10-16-5-1-2-11-19-16)15-6-8-17(9-7-15)21-13-3-4-14-21/h1-9,11,13-14H,10,12H2,(H,20,22). The molecule has 22 heavy (non-hydrogen) atoms. The molecule has 4 heteroatoms. The zero-order valence-corrected chi connectivity index (χ0v) is 12.1. The van der Waals surface area contributed by atoms with Gasteiger partial charge in [0, 0.05) is 48.5 Å². The third-order valence-electron chi connectivity index (χ3n) is 3.42. The summed E-state index contributed by atoms with van der Waals surface area (Å²) in [5.41, 5.74) is 2.68. The van der Waals surface area contributed by atoms with Crippen LogP contribution in [-0.2, 0) is 6.42 Å². The summed E-state index contributed by atoms with van der Waals surface area (Å²) < 4.78 is 2.00. The molecule has 1 aromatic carbocycles. The molecule has 0 saturated carbocycles. The summed E-state index contributed by atoms with van der Waals surface area (Å²) in [6.07, 6.45) is 6.44. The van der Waals surface area contributed by atoms with Gasteiger partial charge in [0.15, 0.2) is 0 Å². The molecule has 1 N–H and O–H groups in total. The topological polar surface area (TPSA) is 46.9 Å². The van der Waals surface area contributed by atoms with E-state index in [0.717, 1.165) is 17.8 Å². The largest absolute Gasteiger partial charge is 0.352 e. The van der Waals surface area contributed by atoms with Crippen LogP contribution in [-0.4, -0.2) is 22.0 Å². The van der Waals surface area contributed by atoms with Crippen molar-refractivity contribution in [2.24, 2.45) is 0 Å². The number of amides is 1. The Kier molecular flexibility index (Phi) is 4.30. The Morgan fingerprint density at radius 3 is 2.45 bits per heavy atom. The van der Waals surface area contributed by atoms with Crippen LogP contribution in [0.5, 0.6) is 0 Å². The number of hydrogen-bond donors (Lipinski definition) is 1. The van der Waals surface area contributed by atoms with Crippen LogP contribution in [0.1, 0.15) is 16.1 Å². The Morgan fingerprint density at radius 1 is 1.00 bits per heavy atom. The van der Waals surface area contributed by atoms with Gasteiger partial charge in [0.05, 0.1) is 0 Å². The molecule has 0 fully saturated rings. The van der Waals surface area contributed by atoms with E-state index in [1.165, 1.54) is 0 Å². The maximum absolute atomic E-state index is 12.1. The maximum atomic E-state index is 12.1. The number of nitrogens with zero attached hydrogens (tertiary/aromatic N) is 2. The lowest BCUT2D eigenvalue weighted by Gasteiger charge is -2.07. The molecule has 0 radical (unpaired) electrons. The van der Waals surface area contributed by atoms with Gasteiger partial charge in [-0.2, -0.15) is 0 Å². The lowest BCUT2D eigenvalue weighted by atomic mass is 10.2. The van der Waals surface area contributed by atoms with Crippen molar-refractivity contribution in [2.75, 3.05) is 6.54 Å². The number of carbonyl (C=O) groups excluding carboxylic acids is 1. The highest BCUT2D eigenvalue weighted by molar-refractivity contribution is 5.94. The molecule has 3 rings (SSSR count). The second-order valence-corrected chi connectivity index (χ2v) is 4.96. The van der Waals surface area contributed by atoms with E-state index in [0.29, 0.717) is 12.1 Å². The Labute approximate surface area is 129 Å². The number of nitrogens with one attached hydrogen (secondary N) is 1. The van der Waals surface area contributed by atoms with Crippen LogP contribution in [0, 0.1) is 0 Å². The van der Waals surface area contributed by atoms with Gasteiger partial charge >= 0.3 is 0 Å². The molecule has 0 aliphatic carbocycles. The summed E-state index contributed by atoms with van der Waals surface area (Å²) in [6.45, 7) is 0.579. The maximum Gasteiger partial charge on any atom is 0.251 e. The predicted octanol–water partition coefficient (Wildman–Crippen LogP) is 2.84. The van der Waals surface area contributed by atoms with Crippen LogP contribution in [0.3, 0.4) is 0 Å². The molecule has 0 aliphatic rings. The van der Waals surface area contributed by atoms with Crippen molar-refractivity contribution in [2.45, 2.75) is 6.42 Å². The van der Waals surface area contributed by atoms with Crippen LogP contribution >= 0.6 is 0 Å². The third kappa shape index (κ3) is 3.41. The molecule has 2 heterocycles. The van der Waals surface area contributed by atoms with Gasteiger partial charge in [-0.3, -0.25) is 9.78 Å². The number of aromatic nitrogens is 2. The average Bonchev–Trinajstić information content (AvgIpc) is 3.10. The summed E-state index contributed by atoms with van der Waals surface area (Å²) >= 11 is 0. The summed E-state index contributed by atoms with van der Waals surface area (Å²) in [5.74, 6) is -0.0602. The van der Waals surface area contributed by atoms with E-state index in [-0.39, 0.29) is 5.91 Å². The summed E-state index contributed by atoms with van der Waals surface area (Å²) in [7, 11) is 0. The minimum atomic E-state index is -0.0602. The number of rotatable bonds is 5. The van der Waals surface area contributed by atoms with Crippen molar-refractivity contribution in [3.8, 4) is 5.69 Å². The predicted molar refractivity (Wildman–Crippen MR) is 86.0 cm³/mol. The second-order valence-electron chi connectivity index (χ2n) is 4.96. The monoisotopic (exact) mass is 291 g/mol. The van der Waals surface area contributed by atoms with E-state index in [4.69, 9.17) is 0 Å². The first kappa shape index (κ1) is 14.1. The van der Waals surface area contributed by atoms with Crippen molar-refractivity contribution in [1.29, 1.82) is 0 Å². The lowest BCUT2D eigenvalue weighted by Crippen LogP contribution is -2.25. The van der Waals surface area contributed by atoms with E-state index in [9.17, 15) is 4.79 Å². The van der Waals surface area contributed by atoms with Gasteiger partial charge in [0.25, 0.3) is 5.91 Å². The van der Waals surface area contributed by atoms with Gasteiger partial charge in [0.1, 0.15) is 0 Å². The fraction of sp³-hybridized carbons (Fsp3) is 0.111. The van der Waals surface area contributed by atoms with Crippen molar-refractivity contribution in [3.63, 3.8) is 0 Å². The van der Waals surface area contributed by atoms with E-state index in [1.807, 2.05) is 71.6 Å². The molecule has 0 unspecified atom stereocenters. The number of pyridine rings is 1. The summed E-state index contributed by atoms with van der Waals surface area (Å²) in [6, 6.07) is 17.3. The smallest absolute Gasteiger partial charge is 0.251 e. The van der Waals surface area contributed by atoms with Gasteiger partial charge in [-0.15, -0.1) is 0 Å². The van der Waals surface area contributed by atoms with Crippen LogP contribution in [0.4, 0.5) is 0 Å². The number of benzene rings is 1. The Morgan fingerprint density at radius 2 is 1.77 bits per heavy atom. The lowest BCUT2D eigenvalue weighted by molar-refractivity contribution is 0.0954. The Bertz CT molecular complexity index is 719. The van der Waals surface area contributed by atoms with Gasteiger partial charge in [-0.05, 0) is 48.5 Å². The molecule has 0 bridgehead atoms. The van der Waals surface area contributed by atoms with Crippen LogP contribution in [0.25, 0.3) is 5.69 Å². The molecular formula is C18H17N3O. The van der Waals surface area contributed by atoms with Gasteiger partial charge < -0.3 is 9.88 Å². The molecular weight excluding hydrogens is 274 g/mol. The Hall–Kier alpha value is -2.88. The molecule has 0 aliphatic heterocycles. The zero-order chi connectivity index (χ0) is 15.2. The summed E-state index contributed by atoms with van der Waals surface area (Å²) in [5, 5.41) is 2.92. The number of carbonyl (C=O) groups is 1.